The number of hydrogen-bond donors (Lipinski definition) is 1. The van der Waals surface area contributed by atoms with Gasteiger partial charge < -0.3 is 5.32 Å². The standard InChI is InChI=1S/C10H17N3S/c1-3-7-4-5-8(6-7)9-12-10(11-2)14-13-9/h7-8H,3-6H2,1-2H3,(H,11,12,13). The Morgan fingerprint density at radius 2 is 2.36 bits per heavy atom. The van der Waals surface area contributed by atoms with Crippen LogP contribution in [0.4, 0.5) is 5.13 Å². The van der Waals surface area contributed by atoms with Gasteiger partial charge >= 0.3 is 0 Å². The van der Waals surface area contributed by atoms with Crippen molar-refractivity contribution in [3.05, 3.63) is 5.82 Å². The topological polar surface area (TPSA) is 37.8 Å². The molecule has 1 heterocycles. The van der Waals surface area contributed by atoms with Crippen LogP contribution in [0.2, 0.25) is 0 Å². The highest BCUT2D eigenvalue weighted by atomic mass is 32.1. The summed E-state index contributed by atoms with van der Waals surface area (Å²) in [4.78, 5) is 4.48. The summed E-state index contributed by atoms with van der Waals surface area (Å²) < 4.78 is 4.41. The van der Waals surface area contributed by atoms with E-state index >= 15 is 0 Å². The Morgan fingerprint density at radius 1 is 1.50 bits per heavy atom. The smallest absolute Gasteiger partial charge is 0.202 e. The van der Waals surface area contributed by atoms with Crippen LogP contribution in [0.25, 0.3) is 0 Å². The predicted molar refractivity (Wildman–Crippen MR) is 59.8 cm³/mol. The monoisotopic (exact) mass is 211 g/mol. The molecule has 0 amide bonds. The number of anilines is 1. The maximum absolute atomic E-state index is 4.48. The fraction of sp³-hybridized carbons (Fsp3) is 0.800. The van der Waals surface area contributed by atoms with Crippen LogP contribution in [0.1, 0.15) is 44.3 Å². The quantitative estimate of drug-likeness (QED) is 0.835. The molecule has 1 aliphatic carbocycles. The molecule has 3 nitrogen and oxygen atoms in total. The molecule has 1 saturated carbocycles. The van der Waals surface area contributed by atoms with E-state index < -0.39 is 0 Å². The Hall–Kier alpha value is -0.640. The molecule has 1 aromatic heterocycles. The van der Waals surface area contributed by atoms with Crippen LogP contribution in [-0.2, 0) is 0 Å². The highest BCUT2D eigenvalue weighted by Crippen LogP contribution is 2.39. The largest absolute Gasteiger partial charge is 0.363 e. The first-order valence-corrected chi connectivity index (χ1v) is 6.12. The van der Waals surface area contributed by atoms with Crippen LogP contribution in [0.15, 0.2) is 0 Å². The third-order valence-electron chi connectivity index (χ3n) is 3.14. The fourth-order valence-electron chi connectivity index (χ4n) is 2.18. The van der Waals surface area contributed by atoms with Gasteiger partial charge in [0.05, 0.1) is 0 Å². The number of rotatable bonds is 3. The lowest BCUT2D eigenvalue weighted by Crippen LogP contribution is -1.97. The molecule has 2 rings (SSSR count). The van der Waals surface area contributed by atoms with Crippen LogP contribution >= 0.6 is 11.5 Å². The van der Waals surface area contributed by atoms with E-state index in [9.17, 15) is 0 Å². The van der Waals surface area contributed by atoms with Gasteiger partial charge in [-0.15, -0.1) is 0 Å². The van der Waals surface area contributed by atoms with Gasteiger partial charge in [-0.05, 0) is 25.2 Å². The Bertz CT molecular complexity index is 297. The molecule has 0 saturated heterocycles. The summed E-state index contributed by atoms with van der Waals surface area (Å²) in [6.45, 7) is 2.28. The van der Waals surface area contributed by atoms with Gasteiger partial charge in [-0.1, -0.05) is 13.3 Å². The van der Waals surface area contributed by atoms with Gasteiger partial charge in [-0.3, -0.25) is 0 Å². The van der Waals surface area contributed by atoms with Crippen LogP contribution in [-0.4, -0.2) is 16.4 Å². The third-order valence-corrected chi connectivity index (χ3v) is 3.89. The molecule has 0 aromatic carbocycles. The van der Waals surface area contributed by atoms with Crippen molar-refractivity contribution in [2.24, 2.45) is 5.92 Å². The minimum atomic E-state index is 0.623. The molecule has 0 bridgehead atoms. The highest BCUT2D eigenvalue weighted by molar-refractivity contribution is 7.09. The molecule has 78 valence electrons. The normalized spacial score (nSPS) is 26.7. The Morgan fingerprint density at radius 3 is 2.93 bits per heavy atom. The Kier molecular flexibility index (Phi) is 3.01. The molecular formula is C10H17N3S. The zero-order valence-corrected chi connectivity index (χ0v) is 9.60. The van der Waals surface area contributed by atoms with Crippen molar-refractivity contribution in [1.82, 2.24) is 9.36 Å². The average molecular weight is 211 g/mol. The van der Waals surface area contributed by atoms with Crippen molar-refractivity contribution < 1.29 is 0 Å². The van der Waals surface area contributed by atoms with Gasteiger partial charge in [0.15, 0.2) is 0 Å². The molecule has 0 spiro atoms. The molecule has 1 N–H and O–H groups in total. The maximum Gasteiger partial charge on any atom is 0.202 e. The Labute approximate surface area is 89.1 Å². The van der Waals surface area contributed by atoms with Crippen molar-refractivity contribution in [2.45, 2.75) is 38.5 Å². The zero-order chi connectivity index (χ0) is 9.97. The summed E-state index contributed by atoms with van der Waals surface area (Å²) in [6.07, 6.45) is 5.23. The Balaban J connectivity index is 2.02. The molecule has 0 aliphatic heterocycles. The van der Waals surface area contributed by atoms with Gasteiger partial charge in [-0.25, -0.2) is 4.98 Å². The number of aromatic nitrogens is 2. The third kappa shape index (κ3) is 1.90. The van der Waals surface area contributed by atoms with E-state index in [2.05, 4.69) is 21.6 Å². The fourth-order valence-corrected chi connectivity index (χ4v) is 2.78. The van der Waals surface area contributed by atoms with E-state index in [-0.39, 0.29) is 0 Å². The second-order valence-electron chi connectivity index (χ2n) is 3.99. The van der Waals surface area contributed by atoms with Gasteiger partial charge in [-0.2, -0.15) is 4.37 Å². The molecule has 1 aromatic rings. The molecule has 0 radical (unpaired) electrons. The summed E-state index contributed by atoms with van der Waals surface area (Å²) in [5, 5.41) is 3.99. The molecule has 2 atom stereocenters. The van der Waals surface area contributed by atoms with E-state index in [1.807, 2.05) is 7.05 Å². The maximum atomic E-state index is 4.48. The summed E-state index contributed by atoms with van der Waals surface area (Å²) in [5.74, 6) is 2.59. The highest BCUT2D eigenvalue weighted by Gasteiger charge is 2.27. The number of hydrogen-bond acceptors (Lipinski definition) is 4. The second kappa shape index (κ2) is 4.26. The number of nitrogens with zero attached hydrogens (tertiary/aromatic N) is 2. The van der Waals surface area contributed by atoms with Crippen molar-refractivity contribution >= 4 is 16.7 Å². The van der Waals surface area contributed by atoms with Crippen LogP contribution in [0, 0.1) is 5.92 Å². The minimum absolute atomic E-state index is 0.623. The lowest BCUT2D eigenvalue weighted by atomic mass is 10.0. The molecule has 1 aliphatic rings. The van der Waals surface area contributed by atoms with Crippen LogP contribution in [0.3, 0.4) is 0 Å². The molecular weight excluding hydrogens is 194 g/mol. The van der Waals surface area contributed by atoms with E-state index in [1.165, 1.54) is 37.2 Å². The molecule has 14 heavy (non-hydrogen) atoms. The van der Waals surface area contributed by atoms with Crippen molar-refractivity contribution in [2.75, 3.05) is 12.4 Å². The molecule has 1 fully saturated rings. The summed E-state index contributed by atoms with van der Waals surface area (Å²) in [5.41, 5.74) is 0. The lowest BCUT2D eigenvalue weighted by Gasteiger charge is -2.05. The van der Waals surface area contributed by atoms with Gasteiger partial charge in [0.1, 0.15) is 5.82 Å². The molecule has 2 unspecified atom stereocenters. The van der Waals surface area contributed by atoms with Crippen molar-refractivity contribution in [3.63, 3.8) is 0 Å². The van der Waals surface area contributed by atoms with Gasteiger partial charge in [0, 0.05) is 24.5 Å². The van der Waals surface area contributed by atoms with Crippen LogP contribution < -0.4 is 5.32 Å². The first-order chi connectivity index (χ1) is 6.83. The summed E-state index contributed by atoms with van der Waals surface area (Å²) in [7, 11) is 1.90. The van der Waals surface area contributed by atoms with E-state index in [0.29, 0.717) is 5.92 Å². The second-order valence-corrected chi connectivity index (χ2v) is 4.74. The lowest BCUT2D eigenvalue weighted by molar-refractivity contribution is 0.518. The minimum Gasteiger partial charge on any atom is -0.363 e. The van der Waals surface area contributed by atoms with Crippen molar-refractivity contribution in [3.8, 4) is 0 Å². The first kappa shape index (κ1) is 9.90. The zero-order valence-electron chi connectivity index (χ0n) is 8.79. The van der Waals surface area contributed by atoms with E-state index in [0.717, 1.165) is 16.9 Å². The summed E-state index contributed by atoms with van der Waals surface area (Å²) >= 11 is 1.47. The predicted octanol–water partition coefficient (Wildman–Crippen LogP) is 2.87. The van der Waals surface area contributed by atoms with Crippen LogP contribution in [0.5, 0.6) is 0 Å². The van der Waals surface area contributed by atoms with Crippen molar-refractivity contribution in [1.29, 1.82) is 0 Å². The van der Waals surface area contributed by atoms with Gasteiger partial charge in [0.2, 0.25) is 5.13 Å². The van der Waals surface area contributed by atoms with E-state index in [1.54, 1.807) is 0 Å². The number of nitrogens with one attached hydrogen (secondary N) is 1. The van der Waals surface area contributed by atoms with E-state index in [4.69, 9.17) is 0 Å². The SMILES string of the molecule is CCC1CCC(c2nsc(NC)n2)C1. The summed E-state index contributed by atoms with van der Waals surface area (Å²) in [6, 6.07) is 0. The molecule has 4 heteroatoms. The first-order valence-electron chi connectivity index (χ1n) is 5.34. The van der Waals surface area contributed by atoms with Gasteiger partial charge in [0.25, 0.3) is 0 Å². The average Bonchev–Trinajstić information content (AvgIpc) is 2.86.